The van der Waals surface area contributed by atoms with Crippen LogP contribution in [0.3, 0.4) is 0 Å². The van der Waals surface area contributed by atoms with Crippen LogP contribution in [0.4, 0.5) is 0 Å². The zero-order chi connectivity index (χ0) is 52.9. The number of aliphatic hydroxyl groups excluding tert-OH is 2. The summed E-state index contributed by atoms with van der Waals surface area (Å²) in [6, 6.07) is -0.638. The molecule has 6 nitrogen and oxygen atoms in total. The molecule has 1 amide bonds. The first kappa shape index (κ1) is 70.8. The Bertz CT molecular complexity index is 1230. The highest BCUT2D eigenvalue weighted by Gasteiger charge is 2.18. The highest BCUT2D eigenvalue weighted by atomic mass is 16.5. The van der Waals surface area contributed by atoms with Gasteiger partial charge in [0.05, 0.1) is 25.4 Å². The van der Waals surface area contributed by atoms with Gasteiger partial charge < -0.3 is 20.3 Å². The van der Waals surface area contributed by atoms with E-state index in [1.165, 1.54) is 238 Å². The second-order valence-corrected chi connectivity index (χ2v) is 22.1. The van der Waals surface area contributed by atoms with E-state index in [0.717, 1.165) is 77.0 Å². The van der Waals surface area contributed by atoms with Crippen LogP contribution in [-0.2, 0) is 14.3 Å². The molecule has 0 heterocycles. The summed E-state index contributed by atoms with van der Waals surface area (Å²) in [6.07, 6.45) is 80.1. The molecule has 0 saturated carbocycles. The molecule has 0 aromatic carbocycles. The maximum atomic E-state index is 12.5. The minimum Gasteiger partial charge on any atom is -0.466 e. The monoisotopic (exact) mass is 1020 g/mol. The predicted molar refractivity (Wildman–Crippen MR) is 319 cm³/mol. The van der Waals surface area contributed by atoms with Gasteiger partial charge in [-0.3, -0.25) is 9.59 Å². The Balaban J connectivity index is 3.51. The molecule has 0 saturated heterocycles. The number of esters is 1. The summed E-state index contributed by atoms with van der Waals surface area (Å²) in [6.45, 7) is 4.88. The fraction of sp³-hybridized carbons (Fsp3) is 0.851. The van der Waals surface area contributed by atoms with Crippen LogP contribution in [0.15, 0.2) is 48.6 Å². The maximum absolute atomic E-state index is 12.5. The number of aliphatic hydroxyl groups is 2. The van der Waals surface area contributed by atoms with E-state index in [1.54, 1.807) is 6.08 Å². The Morgan fingerprint density at radius 1 is 0.384 bits per heavy atom. The smallest absolute Gasteiger partial charge is 0.305 e. The van der Waals surface area contributed by atoms with Crippen LogP contribution in [0.25, 0.3) is 0 Å². The summed E-state index contributed by atoms with van der Waals surface area (Å²) in [7, 11) is 0. The third-order valence-electron chi connectivity index (χ3n) is 14.8. The van der Waals surface area contributed by atoms with Crippen molar-refractivity contribution in [1.82, 2.24) is 5.32 Å². The molecule has 73 heavy (non-hydrogen) atoms. The summed E-state index contributed by atoms with van der Waals surface area (Å²) >= 11 is 0. The number of hydrogen-bond acceptors (Lipinski definition) is 5. The molecule has 0 radical (unpaired) electrons. The van der Waals surface area contributed by atoms with Crippen molar-refractivity contribution in [3.63, 3.8) is 0 Å². The van der Waals surface area contributed by atoms with Crippen LogP contribution in [0, 0.1) is 0 Å². The standard InChI is InChI=1S/C67H125NO5/c1-3-5-7-9-11-13-15-17-19-21-22-23-25-28-31-35-39-43-47-51-55-59-65(70)64(63-69)68-66(71)60-56-52-48-44-40-36-32-29-26-24-27-30-34-38-42-46-50-54-58-62-73-67(72)61-57-53-49-45-41-37-33-20-18-16-14-12-10-8-6-4-2/h20,30,33-34,38,42,55,59,64-65,69-70H,3-19,21-29,31-32,35-37,39-41,43-54,56-58,60-63H2,1-2H3,(H,68,71)/b33-20-,34-30-,42-38-,59-55+. The first-order valence-electron chi connectivity index (χ1n) is 32.4. The van der Waals surface area contributed by atoms with Gasteiger partial charge in [-0.25, -0.2) is 0 Å². The van der Waals surface area contributed by atoms with Gasteiger partial charge in [0, 0.05) is 12.8 Å². The van der Waals surface area contributed by atoms with E-state index in [-0.39, 0.29) is 18.5 Å². The van der Waals surface area contributed by atoms with Gasteiger partial charge in [0.15, 0.2) is 0 Å². The highest BCUT2D eigenvalue weighted by Crippen LogP contribution is 2.17. The number of unbranched alkanes of at least 4 members (excludes halogenated alkanes) is 44. The summed E-state index contributed by atoms with van der Waals surface area (Å²) in [5.74, 6) is -0.0973. The zero-order valence-corrected chi connectivity index (χ0v) is 48.9. The van der Waals surface area contributed by atoms with Gasteiger partial charge in [0.1, 0.15) is 0 Å². The molecule has 2 unspecified atom stereocenters. The van der Waals surface area contributed by atoms with Crippen LogP contribution >= 0.6 is 0 Å². The van der Waals surface area contributed by atoms with E-state index in [9.17, 15) is 19.8 Å². The topological polar surface area (TPSA) is 95.9 Å². The molecule has 0 fully saturated rings. The minimum absolute atomic E-state index is 0.0214. The van der Waals surface area contributed by atoms with Crippen LogP contribution in [0.1, 0.15) is 341 Å². The minimum atomic E-state index is -0.853. The Kier molecular flexibility index (Phi) is 60.5. The number of carbonyl (C=O) groups is 2. The Morgan fingerprint density at radius 2 is 0.685 bits per heavy atom. The molecule has 6 heteroatoms. The van der Waals surface area contributed by atoms with Crippen molar-refractivity contribution in [3.05, 3.63) is 48.6 Å². The van der Waals surface area contributed by atoms with Gasteiger partial charge >= 0.3 is 5.97 Å². The molecule has 3 N–H and O–H groups in total. The van der Waals surface area contributed by atoms with E-state index >= 15 is 0 Å². The Hall–Kier alpha value is -2.18. The molecular weight excluding hydrogens is 899 g/mol. The van der Waals surface area contributed by atoms with Crippen LogP contribution in [0.5, 0.6) is 0 Å². The normalized spacial score (nSPS) is 12.9. The fourth-order valence-corrected chi connectivity index (χ4v) is 9.86. The zero-order valence-electron chi connectivity index (χ0n) is 48.9. The van der Waals surface area contributed by atoms with Crippen molar-refractivity contribution in [2.45, 2.75) is 353 Å². The highest BCUT2D eigenvalue weighted by molar-refractivity contribution is 5.76. The van der Waals surface area contributed by atoms with E-state index in [2.05, 4.69) is 55.6 Å². The molecular formula is C67H125NO5. The molecule has 0 aliphatic rings. The third-order valence-corrected chi connectivity index (χ3v) is 14.8. The number of ether oxygens (including phenoxy) is 1. The quantitative estimate of drug-likeness (QED) is 0.0244. The van der Waals surface area contributed by atoms with Gasteiger partial charge in [-0.15, -0.1) is 0 Å². The largest absolute Gasteiger partial charge is 0.466 e. The average molecular weight is 1020 g/mol. The molecule has 0 aliphatic carbocycles. The number of rotatable bonds is 60. The molecule has 0 aromatic rings. The van der Waals surface area contributed by atoms with Gasteiger partial charge in [0.25, 0.3) is 0 Å². The van der Waals surface area contributed by atoms with E-state index in [0.29, 0.717) is 19.4 Å². The van der Waals surface area contributed by atoms with Gasteiger partial charge in [-0.1, -0.05) is 287 Å². The number of nitrogens with one attached hydrogen (secondary N) is 1. The molecule has 0 rings (SSSR count). The summed E-state index contributed by atoms with van der Waals surface area (Å²) < 4.78 is 5.46. The maximum Gasteiger partial charge on any atom is 0.305 e. The molecule has 2 atom stereocenters. The van der Waals surface area contributed by atoms with Crippen LogP contribution in [-0.4, -0.2) is 47.4 Å². The second-order valence-electron chi connectivity index (χ2n) is 22.1. The Labute approximate surface area is 455 Å². The molecule has 428 valence electrons. The van der Waals surface area contributed by atoms with Crippen molar-refractivity contribution in [1.29, 1.82) is 0 Å². The fourth-order valence-electron chi connectivity index (χ4n) is 9.86. The lowest BCUT2D eigenvalue weighted by Gasteiger charge is -2.20. The van der Waals surface area contributed by atoms with Crippen molar-refractivity contribution >= 4 is 11.9 Å². The number of hydrogen-bond donors (Lipinski definition) is 3. The lowest BCUT2D eigenvalue weighted by molar-refractivity contribution is -0.143. The molecule has 0 aromatic heterocycles. The van der Waals surface area contributed by atoms with E-state index in [4.69, 9.17) is 4.74 Å². The lowest BCUT2D eigenvalue weighted by atomic mass is 10.0. The van der Waals surface area contributed by atoms with E-state index in [1.807, 2.05) is 6.08 Å². The van der Waals surface area contributed by atoms with Crippen LogP contribution < -0.4 is 5.32 Å². The number of allylic oxidation sites excluding steroid dienone is 7. The van der Waals surface area contributed by atoms with Crippen molar-refractivity contribution in [2.24, 2.45) is 0 Å². The molecule has 0 spiro atoms. The van der Waals surface area contributed by atoms with Gasteiger partial charge in [-0.2, -0.15) is 0 Å². The first-order valence-corrected chi connectivity index (χ1v) is 32.4. The molecule has 0 bridgehead atoms. The van der Waals surface area contributed by atoms with Crippen molar-refractivity contribution < 1.29 is 24.5 Å². The van der Waals surface area contributed by atoms with Crippen LogP contribution in [0.2, 0.25) is 0 Å². The summed E-state index contributed by atoms with van der Waals surface area (Å²) in [5, 5.41) is 23.2. The predicted octanol–water partition coefficient (Wildman–Crippen LogP) is 20.5. The van der Waals surface area contributed by atoms with E-state index < -0.39 is 12.1 Å². The van der Waals surface area contributed by atoms with Gasteiger partial charge in [0.2, 0.25) is 5.91 Å². The Morgan fingerprint density at radius 3 is 1.05 bits per heavy atom. The SMILES string of the molecule is CCCCCCCCC/C=C\CCCCCCCC(=O)OCCCCC/C=C\C=C/CCCCCCCCCCCCC(=O)NC(CO)C(O)/C=C/CCCCCCCCCCCCCCCCCCCCC. The molecule has 0 aliphatic heterocycles. The van der Waals surface area contributed by atoms with Gasteiger partial charge in [-0.05, 0) is 89.9 Å². The number of carbonyl (C=O) groups excluding carboxylic acids is 2. The van der Waals surface area contributed by atoms with Crippen molar-refractivity contribution in [3.8, 4) is 0 Å². The first-order chi connectivity index (χ1) is 36.0. The number of amides is 1. The summed E-state index contributed by atoms with van der Waals surface area (Å²) in [5.41, 5.74) is 0. The lowest BCUT2D eigenvalue weighted by Crippen LogP contribution is -2.45. The van der Waals surface area contributed by atoms with Crippen molar-refractivity contribution in [2.75, 3.05) is 13.2 Å². The summed E-state index contributed by atoms with van der Waals surface area (Å²) in [4.78, 5) is 24.6. The second kappa shape index (κ2) is 62.4. The average Bonchev–Trinajstić information content (AvgIpc) is 3.39. The third kappa shape index (κ3) is 58.9.